The van der Waals surface area contributed by atoms with E-state index in [1.807, 2.05) is 0 Å². The predicted molar refractivity (Wildman–Crippen MR) is 96.4 cm³/mol. The fourth-order valence-corrected chi connectivity index (χ4v) is 2.87. The van der Waals surface area contributed by atoms with Crippen LogP contribution >= 0.6 is 0 Å². The Bertz CT molecular complexity index is 629. The number of carboxylic acids is 1. The van der Waals surface area contributed by atoms with E-state index < -0.39 is 5.97 Å². The lowest BCUT2D eigenvalue weighted by Gasteiger charge is -2.33. The van der Waals surface area contributed by atoms with Gasteiger partial charge in [-0.1, -0.05) is 0 Å². The number of rotatable bonds is 8. The molecule has 2 rings (SSSR count). The summed E-state index contributed by atoms with van der Waals surface area (Å²) in [4.78, 5) is 25.2. The molecule has 1 fully saturated rings. The zero-order valence-corrected chi connectivity index (χ0v) is 15.1. The molecule has 0 atom stereocenters. The topological polar surface area (TPSA) is 85.3 Å². The van der Waals surface area contributed by atoms with Crippen molar-refractivity contribution in [3.8, 4) is 11.5 Å². The Morgan fingerprint density at radius 1 is 1.19 bits per heavy atom. The minimum Gasteiger partial charge on any atom is -0.497 e. The quantitative estimate of drug-likeness (QED) is 0.713. The summed E-state index contributed by atoms with van der Waals surface area (Å²) in [7, 11) is 3.12. The Labute approximate surface area is 153 Å². The standard InChI is InChI=1S/C19H25NO6/c1-24-16-11-14(12-17(13-16)25-2)3-4-18(21)20(8-5-19(22)23)15-6-9-26-10-7-15/h3-4,11-13,15H,5-10H2,1-2H3,(H,22,23)/b4-3+. The van der Waals surface area contributed by atoms with Crippen molar-refractivity contribution in [1.29, 1.82) is 0 Å². The van der Waals surface area contributed by atoms with Crippen molar-refractivity contribution in [1.82, 2.24) is 4.90 Å². The van der Waals surface area contributed by atoms with Gasteiger partial charge in [0.2, 0.25) is 5.91 Å². The van der Waals surface area contributed by atoms with Crippen molar-refractivity contribution < 1.29 is 28.9 Å². The lowest BCUT2D eigenvalue weighted by atomic mass is 10.1. The molecule has 1 aliphatic heterocycles. The van der Waals surface area contributed by atoms with E-state index in [4.69, 9.17) is 19.3 Å². The van der Waals surface area contributed by atoms with Gasteiger partial charge in [0.1, 0.15) is 11.5 Å². The molecule has 0 saturated carbocycles. The Morgan fingerprint density at radius 3 is 2.35 bits per heavy atom. The van der Waals surface area contributed by atoms with Crippen LogP contribution in [0.4, 0.5) is 0 Å². The van der Waals surface area contributed by atoms with Crippen molar-refractivity contribution in [2.45, 2.75) is 25.3 Å². The van der Waals surface area contributed by atoms with Gasteiger partial charge in [0.05, 0.1) is 20.6 Å². The van der Waals surface area contributed by atoms with Crippen LogP contribution in [0.25, 0.3) is 6.08 Å². The van der Waals surface area contributed by atoms with E-state index in [1.54, 1.807) is 43.4 Å². The lowest BCUT2D eigenvalue weighted by molar-refractivity contribution is -0.138. The molecule has 142 valence electrons. The van der Waals surface area contributed by atoms with Crippen LogP contribution in [0.2, 0.25) is 0 Å². The van der Waals surface area contributed by atoms with Gasteiger partial charge in [0.15, 0.2) is 0 Å². The first-order chi connectivity index (χ1) is 12.5. The predicted octanol–water partition coefficient (Wildman–Crippen LogP) is 2.20. The van der Waals surface area contributed by atoms with E-state index in [0.717, 1.165) is 5.56 Å². The second-order valence-corrected chi connectivity index (χ2v) is 6.00. The fraction of sp³-hybridized carbons (Fsp3) is 0.474. The molecule has 7 nitrogen and oxygen atoms in total. The summed E-state index contributed by atoms with van der Waals surface area (Å²) in [5.74, 6) is 0.128. The van der Waals surface area contributed by atoms with Crippen LogP contribution in [0.3, 0.4) is 0 Å². The highest BCUT2D eigenvalue weighted by atomic mass is 16.5. The molecule has 0 spiro atoms. The van der Waals surface area contributed by atoms with Gasteiger partial charge in [0, 0.05) is 37.9 Å². The van der Waals surface area contributed by atoms with Gasteiger partial charge in [-0.25, -0.2) is 0 Å². The number of hydrogen-bond acceptors (Lipinski definition) is 5. The Morgan fingerprint density at radius 2 is 1.81 bits per heavy atom. The molecule has 0 aliphatic carbocycles. The number of carbonyl (C=O) groups is 2. The van der Waals surface area contributed by atoms with Crippen LogP contribution in [0.5, 0.6) is 11.5 Å². The SMILES string of the molecule is COc1cc(/C=C/C(=O)N(CCC(=O)O)C2CCOCC2)cc(OC)c1. The molecule has 1 aliphatic rings. The summed E-state index contributed by atoms with van der Waals surface area (Å²) < 4.78 is 15.8. The fourth-order valence-electron chi connectivity index (χ4n) is 2.87. The van der Waals surface area contributed by atoms with E-state index >= 15 is 0 Å². The van der Waals surface area contributed by atoms with Crippen molar-refractivity contribution in [2.75, 3.05) is 34.0 Å². The number of amides is 1. The number of ether oxygens (including phenoxy) is 3. The maximum Gasteiger partial charge on any atom is 0.305 e. The molecule has 1 heterocycles. The van der Waals surface area contributed by atoms with Gasteiger partial charge in [0.25, 0.3) is 0 Å². The van der Waals surface area contributed by atoms with Crippen LogP contribution in [0, 0.1) is 0 Å². The molecule has 1 amide bonds. The Kier molecular flexibility index (Phi) is 7.47. The minimum atomic E-state index is -0.920. The van der Waals surface area contributed by atoms with Gasteiger partial charge in [-0.3, -0.25) is 9.59 Å². The number of aliphatic carboxylic acids is 1. The average Bonchev–Trinajstić information content (AvgIpc) is 2.66. The molecular weight excluding hydrogens is 338 g/mol. The van der Waals surface area contributed by atoms with Crippen LogP contribution in [-0.4, -0.2) is 61.9 Å². The molecule has 1 saturated heterocycles. The molecule has 0 bridgehead atoms. The first-order valence-corrected chi connectivity index (χ1v) is 8.54. The zero-order chi connectivity index (χ0) is 18.9. The number of nitrogens with zero attached hydrogens (tertiary/aromatic N) is 1. The highest BCUT2D eigenvalue weighted by molar-refractivity contribution is 5.92. The van der Waals surface area contributed by atoms with Gasteiger partial charge in [-0.15, -0.1) is 0 Å². The zero-order valence-electron chi connectivity index (χ0n) is 15.1. The first kappa shape index (κ1) is 19.8. The van der Waals surface area contributed by atoms with Crippen molar-refractivity contribution in [3.63, 3.8) is 0 Å². The van der Waals surface area contributed by atoms with Gasteiger partial charge < -0.3 is 24.2 Å². The van der Waals surface area contributed by atoms with E-state index in [0.29, 0.717) is 37.6 Å². The molecule has 0 unspecified atom stereocenters. The second-order valence-electron chi connectivity index (χ2n) is 6.00. The van der Waals surface area contributed by atoms with Gasteiger partial charge in [-0.05, 0) is 36.6 Å². The van der Waals surface area contributed by atoms with Crippen molar-refractivity contribution in [3.05, 3.63) is 29.8 Å². The third-order valence-electron chi connectivity index (χ3n) is 4.27. The largest absolute Gasteiger partial charge is 0.497 e. The van der Waals surface area contributed by atoms with Gasteiger partial charge in [-0.2, -0.15) is 0 Å². The number of carboxylic acid groups (broad SMARTS) is 1. The normalized spacial score (nSPS) is 15.0. The Hall–Kier alpha value is -2.54. The molecule has 1 aromatic rings. The average molecular weight is 363 g/mol. The molecule has 0 aromatic heterocycles. The first-order valence-electron chi connectivity index (χ1n) is 8.54. The minimum absolute atomic E-state index is 0.0000885. The van der Waals surface area contributed by atoms with Crippen LogP contribution < -0.4 is 9.47 Å². The number of methoxy groups -OCH3 is 2. The molecule has 26 heavy (non-hydrogen) atoms. The van der Waals surface area contributed by atoms with Gasteiger partial charge >= 0.3 is 5.97 Å². The molecule has 1 aromatic carbocycles. The van der Waals surface area contributed by atoms with E-state index in [1.165, 1.54) is 6.08 Å². The van der Waals surface area contributed by atoms with Crippen molar-refractivity contribution >= 4 is 18.0 Å². The van der Waals surface area contributed by atoms with E-state index in [2.05, 4.69) is 0 Å². The summed E-state index contributed by atoms with van der Waals surface area (Å²) in [6.45, 7) is 1.35. The maximum absolute atomic E-state index is 12.7. The third-order valence-corrected chi connectivity index (χ3v) is 4.27. The summed E-state index contributed by atoms with van der Waals surface area (Å²) in [6, 6.07) is 5.34. The van der Waals surface area contributed by atoms with E-state index in [-0.39, 0.29) is 24.9 Å². The van der Waals surface area contributed by atoms with Crippen LogP contribution in [-0.2, 0) is 14.3 Å². The highest BCUT2D eigenvalue weighted by Gasteiger charge is 2.24. The maximum atomic E-state index is 12.7. The number of carbonyl (C=O) groups excluding carboxylic acids is 1. The molecule has 0 radical (unpaired) electrons. The lowest BCUT2D eigenvalue weighted by Crippen LogP contribution is -2.43. The van der Waals surface area contributed by atoms with Crippen molar-refractivity contribution in [2.24, 2.45) is 0 Å². The summed E-state index contributed by atoms with van der Waals surface area (Å²) >= 11 is 0. The van der Waals surface area contributed by atoms with Crippen LogP contribution in [0.15, 0.2) is 24.3 Å². The molecular formula is C19H25NO6. The van der Waals surface area contributed by atoms with E-state index in [9.17, 15) is 9.59 Å². The summed E-state index contributed by atoms with van der Waals surface area (Å²) in [5, 5.41) is 8.96. The summed E-state index contributed by atoms with van der Waals surface area (Å²) in [5.41, 5.74) is 0.764. The summed E-state index contributed by atoms with van der Waals surface area (Å²) in [6.07, 6.45) is 4.49. The number of hydrogen-bond donors (Lipinski definition) is 1. The monoisotopic (exact) mass is 363 g/mol. The highest BCUT2D eigenvalue weighted by Crippen LogP contribution is 2.23. The molecule has 1 N–H and O–H groups in total. The smallest absolute Gasteiger partial charge is 0.305 e. The number of benzene rings is 1. The van der Waals surface area contributed by atoms with Crippen LogP contribution in [0.1, 0.15) is 24.8 Å². The third kappa shape index (κ3) is 5.77. The second kappa shape index (κ2) is 9.82. The Balaban J connectivity index is 2.14. The molecule has 7 heteroatoms.